The summed E-state index contributed by atoms with van der Waals surface area (Å²) < 4.78 is 0. The number of rotatable bonds is 0. The second kappa shape index (κ2) is 3.00. The molecule has 1 aromatic carbocycles. The van der Waals surface area contributed by atoms with Crippen LogP contribution in [0.15, 0.2) is 18.3 Å². The predicted molar refractivity (Wildman–Crippen MR) is 61.1 cm³/mol. The van der Waals surface area contributed by atoms with Gasteiger partial charge in [-0.25, -0.2) is 0 Å². The molecule has 0 radical (unpaired) electrons. The summed E-state index contributed by atoms with van der Waals surface area (Å²) in [5, 5.41) is 11.2. The van der Waals surface area contributed by atoms with Gasteiger partial charge in [-0.1, -0.05) is 11.6 Å². The number of halogens is 1. The summed E-state index contributed by atoms with van der Waals surface area (Å²) in [6.07, 6.45) is 1.86. The van der Waals surface area contributed by atoms with Crippen LogP contribution >= 0.6 is 11.6 Å². The van der Waals surface area contributed by atoms with E-state index in [0.29, 0.717) is 0 Å². The molecule has 0 fully saturated rings. The molecule has 1 aliphatic rings. The first-order valence-electron chi connectivity index (χ1n) is 4.83. The van der Waals surface area contributed by atoms with Crippen LogP contribution < -0.4 is 5.32 Å². The van der Waals surface area contributed by atoms with Crippen molar-refractivity contribution in [3.63, 3.8) is 0 Å². The normalized spacial score (nSPS) is 12.9. The Balaban J connectivity index is 2.31. The lowest BCUT2D eigenvalue weighted by atomic mass is 9.99. The van der Waals surface area contributed by atoms with E-state index in [4.69, 9.17) is 11.6 Å². The van der Waals surface area contributed by atoms with Crippen molar-refractivity contribution in [2.75, 3.05) is 5.32 Å². The number of H-pyrrole nitrogens is 1. The summed E-state index contributed by atoms with van der Waals surface area (Å²) in [6.45, 7) is 2.83. The highest BCUT2D eigenvalue weighted by atomic mass is 35.5. The molecule has 15 heavy (non-hydrogen) atoms. The number of anilines is 1. The van der Waals surface area contributed by atoms with E-state index in [9.17, 15) is 0 Å². The van der Waals surface area contributed by atoms with E-state index in [2.05, 4.69) is 15.5 Å². The lowest BCUT2D eigenvalue weighted by Gasteiger charge is -2.20. The van der Waals surface area contributed by atoms with Crippen LogP contribution in [-0.4, -0.2) is 10.2 Å². The molecule has 3 rings (SSSR count). The van der Waals surface area contributed by atoms with Crippen LogP contribution in [-0.2, 0) is 6.54 Å². The predicted octanol–water partition coefficient (Wildman–Crippen LogP) is 2.96. The maximum absolute atomic E-state index is 6.08. The van der Waals surface area contributed by atoms with Crippen molar-refractivity contribution in [1.29, 1.82) is 0 Å². The molecular formula is C11H10ClN3. The summed E-state index contributed by atoms with van der Waals surface area (Å²) in [5.74, 6) is 0. The molecule has 0 aliphatic carbocycles. The second-order valence-corrected chi connectivity index (χ2v) is 4.13. The number of benzene rings is 1. The lowest BCUT2D eigenvalue weighted by molar-refractivity contribution is 1.09. The zero-order chi connectivity index (χ0) is 10.4. The van der Waals surface area contributed by atoms with Gasteiger partial charge in [0, 0.05) is 28.4 Å². The standard InChI is InChI=1S/C11H10ClN3/c1-6-9(12)3-2-8-10(6)13-4-7-5-14-15-11(7)8/h2-3,5,13H,4H2,1H3,(H,14,15). The molecule has 0 amide bonds. The molecule has 76 valence electrons. The van der Waals surface area contributed by atoms with E-state index in [1.54, 1.807) is 0 Å². The molecule has 0 saturated carbocycles. The monoisotopic (exact) mass is 219 g/mol. The molecule has 1 aliphatic heterocycles. The minimum Gasteiger partial charge on any atom is -0.380 e. The Hall–Kier alpha value is -1.48. The van der Waals surface area contributed by atoms with Crippen molar-refractivity contribution < 1.29 is 0 Å². The maximum Gasteiger partial charge on any atom is 0.0720 e. The Morgan fingerprint density at radius 1 is 1.40 bits per heavy atom. The average molecular weight is 220 g/mol. The van der Waals surface area contributed by atoms with Gasteiger partial charge in [-0.05, 0) is 24.6 Å². The SMILES string of the molecule is Cc1c(Cl)ccc2c1NCc1cn[nH]c1-2. The van der Waals surface area contributed by atoms with Gasteiger partial charge in [0.25, 0.3) is 0 Å². The lowest BCUT2D eigenvalue weighted by Crippen LogP contribution is -2.08. The van der Waals surface area contributed by atoms with Crippen molar-refractivity contribution in [2.24, 2.45) is 0 Å². The molecule has 0 saturated heterocycles. The molecule has 0 spiro atoms. The first-order valence-corrected chi connectivity index (χ1v) is 5.21. The molecule has 0 atom stereocenters. The largest absolute Gasteiger partial charge is 0.380 e. The Morgan fingerprint density at radius 2 is 2.27 bits per heavy atom. The van der Waals surface area contributed by atoms with E-state index in [0.717, 1.165) is 34.1 Å². The van der Waals surface area contributed by atoms with Gasteiger partial charge in [0.15, 0.2) is 0 Å². The first-order chi connectivity index (χ1) is 7.27. The number of hydrogen-bond acceptors (Lipinski definition) is 2. The number of fused-ring (bicyclic) bond motifs is 3. The van der Waals surface area contributed by atoms with E-state index in [1.165, 1.54) is 5.56 Å². The third kappa shape index (κ3) is 1.16. The van der Waals surface area contributed by atoms with Crippen LogP contribution in [0.4, 0.5) is 5.69 Å². The molecule has 3 nitrogen and oxygen atoms in total. The third-order valence-corrected chi connectivity index (χ3v) is 3.25. The van der Waals surface area contributed by atoms with Crippen LogP contribution in [0.3, 0.4) is 0 Å². The third-order valence-electron chi connectivity index (χ3n) is 2.84. The Bertz CT molecular complexity index is 531. The van der Waals surface area contributed by atoms with Gasteiger partial charge >= 0.3 is 0 Å². The maximum atomic E-state index is 6.08. The number of aromatic amines is 1. The van der Waals surface area contributed by atoms with Crippen molar-refractivity contribution >= 4 is 17.3 Å². The smallest absolute Gasteiger partial charge is 0.0720 e. The molecule has 4 heteroatoms. The van der Waals surface area contributed by atoms with E-state index in [-0.39, 0.29) is 0 Å². The second-order valence-electron chi connectivity index (χ2n) is 3.72. The Labute approximate surface area is 92.5 Å². The van der Waals surface area contributed by atoms with Crippen molar-refractivity contribution in [1.82, 2.24) is 10.2 Å². The molecule has 0 unspecified atom stereocenters. The molecule has 2 heterocycles. The molecular weight excluding hydrogens is 210 g/mol. The highest BCUT2D eigenvalue weighted by Crippen LogP contribution is 2.38. The minimum absolute atomic E-state index is 0.796. The van der Waals surface area contributed by atoms with Crippen LogP contribution in [0.1, 0.15) is 11.1 Å². The summed E-state index contributed by atoms with van der Waals surface area (Å²) >= 11 is 6.08. The Morgan fingerprint density at radius 3 is 3.13 bits per heavy atom. The highest BCUT2D eigenvalue weighted by Gasteiger charge is 2.19. The zero-order valence-electron chi connectivity index (χ0n) is 8.26. The summed E-state index contributed by atoms with van der Waals surface area (Å²) in [7, 11) is 0. The minimum atomic E-state index is 0.796. The highest BCUT2D eigenvalue weighted by molar-refractivity contribution is 6.32. The molecule has 2 N–H and O–H groups in total. The fourth-order valence-corrected chi connectivity index (χ4v) is 2.14. The number of nitrogens with one attached hydrogen (secondary N) is 2. The van der Waals surface area contributed by atoms with E-state index in [1.807, 2.05) is 25.3 Å². The summed E-state index contributed by atoms with van der Waals surface area (Å²) in [6, 6.07) is 3.95. The van der Waals surface area contributed by atoms with Crippen LogP contribution in [0.25, 0.3) is 11.3 Å². The fourth-order valence-electron chi connectivity index (χ4n) is 1.98. The van der Waals surface area contributed by atoms with Crippen LogP contribution in [0.2, 0.25) is 5.02 Å². The van der Waals surface area contributed by atoms with Gasteiger partial charge in [-0.3, -0.25) is 5.10 Å². The van der Waals surface area contributed by atoms with E-state index < -0.39 is 0 Å². The average Bonchev–Trinajstić information content (AvgIpc) is 2.71. The quantitative estimate of drug-likeness (QED) is 0.715. The van der Waals surface area contributed by atoms with Crippen LogP contribution in [0.5, 0.6) is 0 Å². The Kier molecular flexibility index (Phi) is 1.76. The zero-order valence-corrected chi connectivity index (χ0v) is 9.02. The van der Waals surface area contributed by atoms with Gasteiger partial charge in [0.1, 0.15) is 0 Å². The van der Waals surface area contributed by atoms with Gasteiger partial charge in [-0.15, -0.1) is 0 Å². The summed E-state index contributed by atoms with van der Waals surface area (Å²) in [5.41, 5.74) is 5.65. The first kappa shape index (κ1) is 8.80. The topological polar surface area (TPSA) is 40.7 Å². The number of aromatic nitrogens is 2. The van der Waals surface area contributed by atoms with Crippen molar-refractivity contribution in [2.45, 2.75) is 13.5 Å². The van der Waals surface area contributed by atoms with Gasteiger partial charge < -0.3 is 5.32 Å². The molecule has 0 bridgehead atoms. The van der Waals surface area contributed by atoms with Crippen molar-refractivity contribution in [3.05, 3.63) is 34.5 Å². The van der Waals surface area contributed by atoms with Gasteiger partial charge in [0.05, 0.1) is 11.9 Å². The van der Waals surface area contributed by atoms with E-state index >= 15 is 0 Å². The van der Waals surface area contributed by atoms with Gasteiger partial charge in [0.2, 0.25) is 0 Å². The molecule has 1 aromatic heterocycles. The van der Waals surface area contributed by atoms with Crippen LogP contribution in [0, 0.1) is 6.92 Å². The van der Waals surface area contributed by atoms with Crippen molar-refractivity contribution in [3.8, 4) is 11.3 Å². The number of hydrogen-bond donors (Lipinski definition) is 2. The fraction of sp³-hybridized carbons (Fsp3) is 0.182. The number of nitrogens with zero attached hydrogens (tertiary/aromatic N) is 1. The molecule has 2 aromatic rings. The van der Waals surface area contributed by atoms with Gasteiger partial charge in [-0.2, -0.15) is 5.10 Å². The summed E-state index contributed by atoms with van der Waals surface area (Å²) in [4.78, 5) is 0.